The Balaban J connectivity index is 1.67. The summed E-state index contributed by atoms with van der Waals surface area (Å²) in [5.74, 6) is 1.82. The van der Waals surface area contributed by atoms with Crippen LogP contribution in [0.5, 0.6) is 0 Å². The number of nitrogens with one attached hydrogen (secondary N) is 1. The highest BCUT2D eigenvalue weighted by molar-refractivity contribution is 5.43. The fraction of sp³-hybridized carbons (Fsp3) is 0.214. The highest BCUT2D eigenvalue weighted by Gasteiger charge is 2.02. The number of anilines is 1. The topological polar surface area (TPSA) is 60.6 Å². The predicted octanol–water partition coefficient (Wildman–Crippen LogP) is 2.10. The van der Waals surface area contributed by atoms with Gasteiger partial charge in [-0.2, -0.15) is 5.10 Å². The molecule has 20 heavy (non-hydrogen) atoms. The summed E-state index contributed by atoms with van der Waals surface area (Å²) in [6, 6.07) is 5.79. The van der Waals surface area contributed by atoms with Gasteiger partial charge in [-0.25, -0.2) is 14.6 Å². The van der Waals surface area contributed by atoms with Gasteiger partial charge in [0.05, 0.1) is 18.4 Å². The van der Waals surface area contributed by atoms with Gasteiger partial charge in [0.1, 0.15) is 5.82 Å². The molecule has 0 fully saturated rings. The van der Waals surface area contributed by atoms with Gasteiger partial charge in [-0.15, -0.1) is 0 Å². The largest absolute Gasteiger partial charge is 0.377 e. The lowest BCUT2D eigenvalue weighted by Crippen LogP contribution is -2.08. The lowest BCUT2D eigenvalue weighted by atomic mass is 10.4. The minimum atomic E-state index is 0.684. The van der Waals surface area contributed by atoms with Crippen LogP contribution in [-0.2, 0) is 13.1 Å². The Labute approximate surface area is 117 Å². The van der Waals surface area contributed by atoms with Crippen LogP contribution in [0.25, 0.3) is 5.82 Å². The van der Waals surface area contributed by atoms with E-state index in [0.717, 1.165) is 23.9 Å². The molecule has 3 aromatic heterocycles. The molecule has 1 N–H and O–H groups in total. The molecule has 0 saturated carbocycles. The Morgan fingerprint density at radius 2 is 2.10 bits per heavy atom. The zero-order chi connectivity index (χ0) is 13.8. The second-order valence-corrected chi connectivity index (χ2v) is 4.34. The monoisotopic (exact) mass is 268 g/mol. The van der Waals surface area contributed by atoms with E-state index >= 15 is 0 Å². The fourth-order valence-electron chi connectivity index (χ4n) is 2.01. The first kappa shape index (κ1) is 12.4. The van der Waals surface area contributed by atoms with Crippen LogP contribution in [0.15, 0.2) is 49.2 Å². The molecule has 0 aliphatic carbocycles. The minimum absolute atomic E-state index is 0.684. The van der Waals surface area contributed by atoms with E-state index in [0.29, 0.717) is 6.54 Å². The smallest absolute Gasteiger partial charge is 0.153 e. The van der Waals surface area contributed by atoms with Gasteiger partial charge in [0, 0.05) is 31.3 Å². The number of rotatable bonds is 5. The van der Waals surface area contributed by atoms with E-state index in [9.17, 15) is 0 Å². The third kappa shape index (κ3) is 2.54. The predicted molar refractivity (Wildman–Crippen MR) is 76.6 cm³/mol. The van der Waals surface area contributed by atoms with Gasteiger partial charge in [-0.05, 0) is 25.1 Å². The third-order valence-electron chi connectivity index (χ3n) is 3.08. The summed E-state index contributed by atoms with van der Waals surface area (Å²) in [6.45, 7) is 3.71. The molecular formula is C14H16N6. The zero-order valence-corrected chi connectivity index (χ0v) is 11.3. The number of imidazole rings is 1. The van der Waals surface area contributed by atoms with Gasteiger partial charge in [0.25, 0.3) is 0 Å². The summed E-state index contributed by atoms with van der Waals surface area (Å²) in [5.41, 5.74) is 0.964. The minimum Gasteiger partial charge on any atom is -0.377 e. The highest BCUT2D eigenvalue weighted by atomic mass is 15.3. The maximum atomic E-state index is 4.37. The Hall–Kier alpha value is -2.63. The SMILES string of the molecule is CCn1ccnc1CNc1ccc(-n2cccn2)nc1. The highest BCUT2D eigenvalue weighted by Crippen LogP contribution is 2.10. The second kappa shape index (κ2) is 5.56. The van der Waals surface area contributed by atoms with Gasteiger partial charge < -0.3 is 9.88 Å². The van der Waals surface area contributed by atoms with E-state index in [1.165, 1.54) is 0 Å². The molecule has 6 nitrogen and oxygen atoms in total. The molecule has 0 unspecified atom stereocenters. The number of nitrogens with zero attached hydrogens (tertiary/aromatic N) is 5. The first-order valence-corrected chi connectivity index (χ1v) is 6.57. The van der Waals surface area contributed by atoms with Gasteiger partial charge in [-0.3, -0.25) is 0 Å². The molecular weight excluding hydrogens is 252 g/mol. The summed E-state index contributed by atoms with van der Waals surface area (Å²) in [7, 11) is 0. The molecule has 0 aliphatic heterocycles. The van der Waals surface area contributed by atoms with Crippen LogP contribution in [0.4, 0.5) is 5.69 Å². The lowest BCUT2D eigenvalue weighted by molar-refractivity contribution is 0.708. The van der Waals surface area contributed by atoms with Crippen molar-refractivity contribution in [2.45, 2.75) is 20.0 Å². The van der Waals surface area contributed by atoms with Crippen molar-refractivity contribution in [1.82, 2.24) is 24.3 Å². The maximum absolute atomic E-state index is 4.37. The van der Waals surface area contributed by atoms with Crippen molar-refractivity contribution in [3.63, 3.8) is 0 Å². The number of pyridine rings is 1. The Kier molecular flexibility index (Phi) is 3.45. The van der Waals surface area contributed by atoms with Crippen molar-refractivity contribution in [2.24, 2.45) is 0 Å². The van der Waals surface area contributed by atoms with Crippen LogP contribution in [0, 0.1) is 0 Å². The average Bonchev–Trinajstić information content (AvgIpc) is 3.16. The number of aromatic nitrogens is 5. The van der Waals surface area contributed by atoms with E-state index in [2.05, 4.69) is 31.9 Å². The normalized spacial score (nSPS) is 10.7. The summed E-state index contributed by atoms with van der Waals surface area (Å²) >= 11 is 0. The molecule has 0 aliphatic rings. The van der Waals surface area contributed by atoms with Crippen LogP contribution in [0.2, 0.25) is 0 Å². The summed E-state index contributed by atoms with van der Waals surface area (Å²) in [5, 5.41) is 7.46. The molecule has 102 valence electrons. The van der Waals surface area contributed by atoms with Crippen molar-refractivity contribution in [1.29, 1.82) is 0 Å². The van der Waals surface area contributed by atoms with E-state index in [4.69, 9.17) is 0 Å². The van der Waals surface area contributed by atoms with E-state index < -0.39 is 0 Å². The molecule has 0 aromatic carbocycles. The molecule has 3 rings (SSSR count). The van der Waals surface area contributed by atoms with Crippen molar-refractivity contribution >= 4 is 5.69 Å². The lowest BCUT2D eigenvalue weighted by Gasteiger charge is -2.08. The van der Waals surface area contributed by atoms with E-state index in [1.807, 2.05) is 36.8 Å². The second-order valence-electron chi connectivity index (χ2n) is 4.34. The summed E-state index contributed by atoms with van der Waals surface area (Å²) in [6.07, 6.45) is 9.21. The zero-order valence-electron chi connectivity index (χ0n) is 11.3. The molecule has 0 bridgehead atoms. The van der Waals surface area contributed by atoms with Crippen molar-refractivity contribution in [3.8, 4) is 5.82 Å². The van der Waals surface area contributed by atoms with Gasteiger partial charge >= 0.3 is 0 Å². The maximum Gasteiger partial charge on any atom is 0.153 e. The van der Waals surface area contributed by atoms with E-state index in [1.54, 1.807) is 17.1 Å². The van der Waals surface area contributed by atoms with Gasteiger partial charge in [0.2, 0.25) is 0 Å². The van der Waals surface area contributed by atoms with Crippen molar-refractivity contribution < 1.29 is 0 Å². The van der Waals surface area contributed by atoms with Crippen molar-refractivity contribution in [3.05, 3.63) is 55.0 Å². The molecule has 0 atom stereocenters. The summed E-state index contributed by atoms with van der Waals surface area (Å²) < 4.78 is 3.84. The Morgan fingerprint density at radius 1 is 1.15 bits per heavy atom. The molecule has 0 radical (unpaired) electrons. The Morgan fingerprint density at radius 3 is 2.80 bits per heavy atom. The van der Waals surface area contributed by atoms with Crippen LogP contribution >= 0.6 is 0 Å². The standard InChI is InChI=1S/C14H16N6/c1-2-19-9-7-15-14(19)11-16-12-4-5-13(17-10-12)20-8-3-6-18-20/h3-10,16H,2,11H2,1H3. The fourth-order valence-corrected chi connectivity index (χ4v) is 2.01. The molecule has 6 heteroatoms. The van der Waals surface area contributed by atoms with Crippen LogP contribution < -0.4 is 5.32 Å². The molecule has 0 spiro atoms. The first-order valence-electron chi connectivity index (χ1n) is 6.57. The number of hydrogen-bond acceptors (Lipinski definition) is 4. The quantitative estimate of drug-likeness (QED) is 0.769. The van der Waals surface area contributed by atoms with Crippen LogP contribution in [0.1, 0.15) is 12.7 Å². The first-order chi connectivity index (χ1) is 9.86. The van der Waals surface area contributed by atoms with Crippen molar-refractivity contribution in [2.75, 3.05) is 5.32 Å². The van der Waals surface area contributed by atoms with Gasteiger partial charge in [0.15, 0.2) is 5.82 Å². The van der Waals surface area contributed by atoms with Crippen LogP contribution in [-0.4, -0.2) is 24.3 Å². The molecule has 3 aromatic rings. The summed E-state index contributed by atoms with van der Waals surface area (Å²) in [4.78, 5) is 8.70. The van der Waals surface area contributed by atoms with Gasteiger partial charge in [-0.1, -0.05) is 0 Å². The third-order valence-corrected chi connectivity index (χ3v) is 3.08. The molecule has 3 heterocycles. The molecule has 0 amide bonds. The van der Waals surface area contributed by atoms with E-state index in [-0.39, 0.29) is 0 Å². The number of hydrogen-bond donors (Lipinski definition) is 1. The Bertz CT molecular complexity index is 653. The number of aryl methyl sites for hydroxylation is 1. The molecule has 0 saturated heterocycles. The average molecular weight is 268 g/mol. The van der Waals surface area contributed by atoms with Crippen LogP contribution in [0.3, 0.4) is 0 Å².